The zero-order valence-corrected chi connectivity index (χ0v) is 21.9. The maximum absolute atomic E-state index is 11.8. The molecule has 0 amide bonds. The molecule has 3 nitrogen and oxygen atoms in total. The topological polar surface area (TPSA) is 38.7 Å². The van der Waals surface area contributed by atoms with E-state index < -0.39 is 28.3 Å². The molecule has 0 unspecified atom stereocenters. The lowest BCUT2D eigenvalue weighted by Crippen LogP contribution is -2.57. The van der Waals surface area contributed by atoms with Crippen LogP contribution in [0.4, 0.5) is 0 Å². The third-order valence-corrected chi connectivity index (χ3v) is 15.9. The van der Waals surface area contributed by atoms with Crippen molar-refractivity contribution in [1.82, 2.24) is 0 Å². The van der Waals surface area contributed by atoms with Crippen molar-refractivity contribution in [3.8, 4) is 23.7 Å². The van der Waals surface area contributed by atoms with Crippen molar-refractivity contribution in [3.63, 3.8) is 0 Å². The summed E-state index contributed by atoms with van der Waals surface area (Å²) >= 11 is 0. The Labute approximate surface area is 180 Å². The summed E-state index contributed by atoms with van der Waals surface area (Å²) in [6.07, 6.45) is 4.90. The Bertz CT molecular complexity index is 817. The molecule has 3 atom stereocenters. The van der Waals surface area contributed by atoms with Crippen LogP contribution in [0.2, 0.25) is 36.3 Å². The van der Waals surface area contributed by atoms with Gasteiger partial charge in [-0.25, -0.2) is 0 Å². The second kappa shape index (κ2) is 7.87. The highest BCUT2D eigenvalue weighted by Crippen LogP contribution is 2.46. The minimum absolute atomic E-state index is 0.0189. The maximum atomic E-state index is 11.8. The van der Waals surface area contributed by atoms with Crippen LogP contribution < -0.4 is 0 Å². The number of allylic oxidation sites excluding steroid dienone is 2. The van der Waals surface area contributed by atoms with Gasteiger partial charge in [-0.15, -0.1) is 0 Å². The van der Waals surface area contributed by atoms with Crippen LogP contribution in [0.1, 0.15) is 48.0 Å². The third-order valence-electron chi connectivity index (χ3n) is 6.95. The molecule has 2 aliphatic carbocycles. The molecule has 0 aliphatic heterocycles. The molecule has 0 aromatic rings. The summed E-state index contributed by atoms with van der Waals surface area (Å²) in [6.45, 7) is 22.2. The molecular formula is C24H38O3Si2. The van der Waals surface area contributed by atoms with E-state index in [9.17, 15) is 5.11 Å². The monoisotopic (exact) mass is 430 g/mol. The van der Waals surface area contributed by atoms with Crippen molar-refractivity contribution < 1.29 is 14.0 Å². The van der Waals surface area contributed by atoms with E-state index >= 15 is 0 Å². The lowest BCUT2D eigenvalue weighted by molar-refractivity contribution is -0.0606. The van der Waals surface area contributed by atoms with Gasteiger partial charge in [-0.1, -0.05) is 65.2 Å². The summed E-state index contributed by atoms with van der Waals surface area (Å²) in [6, 6.07) is 0. The minimum atomic E-state index is -2.17. The van der Waals surface area contributed by atoms with Crippen LogP contribution in [0.15, 0.2) is 23.8 Å². The zero-order valence-electron chi connectivity index (χ0n) is 19.9. The number of fused-ring (bicyclic) bond motifs is 1. The molecular weight excluding hydrogens is 392 g/mol. The largest absolute Gasteiger partial charge is 0.408 e. The molecule has 5 heteroatoms. The average molecular weight is 431 g/mol. The van der Waals surface area contributed by atoms with E-state index in [2.05, 4.69) is 91.4 Å². The number of hydrogen-bond donors (Lipinski definition) is 1. The minimum Gasteiger partial charge on any atom is -0.408 e. The molecule has 1 N–H and O–H groups in total. The fourth-order valence-electron chi connectivity index (χ4n) is 2.89. The Balaban J connectivity index is 2.53. The van der Waals surface area contributed by atoms with Gasteiger partial charge >= 0.3 is 0 Å². The first-order valence-corrected chi connectivity index (χ1v) is 16.3. The van der Waals surface area contributed by atoms with Crippen LogP contribution in [-0.4, -0.2) is 39.6 Å². The van der Waals surface area contributed by atoms with Gasteiger partial charge in [0.2, 0.25) is 0 Å². The molecule has 0 spiro atoms. The molecule has 2 aliphatic rings. The van der Waals surface area contributed by atoms with Crippen LogP contribution in [0, 0.1) is 23.7 Å². The van der Waals surface area contributed by atoms with Crippen LogP contribution in [0.5, 0.6) is 0 Å². The van der Waals surface area contributed by atoms with Crippen molar-refractivity contribution >= 4 is 16.6 Å². The van der Waals surface area contributed by atoms with Gasteiger partial charge in [-0.05, 0) is 54.5 Å². The Kier molecular flexibility index (Phi) is 6.57. The molecule has 29 heavy (non-hydrogen) atoms. The predicted molar refractivity (Wildman–Crippen MR) is 126 cm³/mol. The van der Waals surface area contributed by atoms with E-state index in [4.69, 9.17) is 8.85 Å². The van der Waals surface area contributed by atoms with E-state index in [1.807, 2.05) is 6.08 Å². The van der Waals surface area contributed by atoms with Crippen molar-refractivity contribution in [2.75, 3.05) is 0 Å². The van der Waals surface area contributed by atoms with Crippen LogP contribution >= 0.6 is 0 Å². The van der Waals surface area contributed by atoms with Crippen molar-refractivity contribution in [3.05, 3.63) is 23.8 Å². The number of hydrogen-bond acceptors (Lipinski definition) is 3. The lowest BCUT2D eigenvalue weighted by atomic mass is 9.90. The van der Waals surface area contributed by atoms with E-state index in [-0.39, 0.29) is 22.6 Å². The third kappa shape index (κ3) is 4.98. The fourth-order valence-corrected chi connectivity index (χ4v) is 5.43. The molecule has 0 saturated heterocycles. The normalized spacial score (nSPS) is 28.6. The van der Waals surface area contributed by atoms with Crippen LogP contribution in [0.25, 0.3) is 0 Å². The second-order valence-corrected chi connectivity index (χ2v) is 20.8. The predicted octanol–water partition coefficient (Wildman–Crippen LogP) is 5.41. The van der Waals surface area contributed by atoms with E-state index in [0.717, 1.165) is 0 Å². The van der Waals surface area contributed by atoms with Crippen LogP contribution in [-0.2, 0) is 8.85 Å². The number of aliphatic hydroxyl groups is 1. The molecule has 160 valence electrons. The lowest BCUT2D eigenvalue weighted by Gasteiger charge is -2.46. The smallest absolute Gasteiger partial charge is 0.193 e. The fraction of sp³-hybridized carbons (Fsp3) is 0.667. The second-order valence-electron chi connectivity index (χ2n) is 11.2. The SMILES string of the molecule is CC(C)(C)[Si](C)(C)O[C@@H]1C=C2C#C/C=C\C#CC[C@@]2(O)[C@H]1O[Si](C)(C)C(C)(C)C. The highest BCUT2D eigenvalue weighted by molar-refractivity contribution is 6.74. The van der Waals surface area contributed by atoms with Gasteiger partial charge in [0.25, 0.3) is 0 Å². The molecule has 0 saturated carbocycles. The summed E-state index contributed by atoms with van der Waals surface area (Å²) in [5, 5.41) is 11.9. The molecule has 0 aromatic carbocycles. The number of rotatable bonds is 4. The average Bonchev–Trinajstić information content (AvgIpc) is 2.80. The Morgan fingerprint density at radius 2 is 1.45 bits per heavy atom. The first kappa shape index (κ1) is 24.2. The summed E-state index contributed by atoms with van der Waals surface area (Å²) < 4.78 is 13.6. The van der Waals surface area contributed by atoms with Gasteiger partial charge in [0.05, 0.1) is 6.10 Å². The zero-order chi connectivity index (χ0) is 22.3. The first-order valence-electron chi connectivity index (χ1n) is 10.5. The summed E-state index contributed by atoms with van der Waals surface area (Å²) in [5.74, 6) is 12.2. The molecule has 0 fully saturated rings. The first-order chi connectivity index (χ1) is 13.0. The van der Waals surface area contributed by atoms with Gasteiger partial charge in [0.15, 0.2) is 16.6 Å². The van der Waals surface area contributed by atoms with Crippen LogP contribution in [0.3, 0.4) is 0 Å². The Morgan fingerprint density at radius 1 is 0.931 bits per heavy atom. The molecule has 0 radical (unpaired) electrons. The van der Waals surface area contributed by atoms with E-state index in [1.54, 1.807) is 12.2 Å². The van der Waals surface area contributed by atoms with Crippen molar-refractivity contribution in [2.24, 2.45) is 0 Å². The van der Waals surface area contributed by atoms with Crippen molar-refractivity contribution in [1.29, 1.82) is 0 Å². The van der Waals surface area contributed by atoms with Gasteiger partial charge in [0, 0.05) is 12.0 Å². The maximum Gasteiger partial charge on any atom is 0.193 e. The van der Waals surface area contributed by atoms with Crippen molar-refractivity contribution in [2.45, 2.75) is 102 Å². The molecule has 0 heterocycles. The quantitative estimate of drug-likeness (QED) is 0.479. The molecule has 0 bridgehead atoms. The highest BCUT2D eigenvalue weighted by Gasteiger charge is 2.55. The Hall–Kier alpha value is -1.09. The Morgan fingerprint density at radius 3 is 2.00 bits per heavy atom. The summed E-state index contributed by atoms with van der Waals surface area (Å²) in [5.41, 5.74) is -0.583. The molecule has 0 aromatic heterocycles. The standard InChI is InChI=1S/C24H38O3Si2/c1-22(2,3)28(7,8)26-20-18-19-16-14-12-11-13-15-17-24(19,25)21(20)27-29(9,10)23(4,5)6/h11-12,18,20-21,25H,17H2,1-10H3/b12-11-/t20-,21+,24+/m1/s1. The molecule has 2 rings (SSSR count). The highest BCUT2D eigenvalue weighted by atomic mass is 28.4. The van der Waals surface area contributed by atoms with Gasteiger partial charge in [-0.3, -0.25) is 0 Å². The van der Waals surface area contributed by atoms with E-state index in [1.165, 1.54) is 0 Å². The van der Waals surface area contributed by atoms with Gasteiger partial charge < -0.3 is 14.0 Å². The summed E-state index contributed by atoms with van der Waals surface area (Å²) in [7, 11) is -4.25. The summed E-state index contributed by atoms with van der Waals surface area (Å²) in [4.78, 5) is 0. The van der Waals surface area contributed by atoms with Gasteiger partial charge in [-0.2, -0.15) is 0 Å². The van der Waals surface area contributed by atoms with E-state index in [0.29, 0.717) is 5.57 Å². The van der Waals surface area contributed by atoms with Gasteiger partial charge in [0.1, 0.15) is 11.7 Å².